The third-order valence-corrected chi connectivity index (χ3v) is 4.34. The lowest BCUT2D eigenvalue weighted by molar-refractivity contribution is -0.0369. The van der Waals surface area contributed by atoms with Crippen LogP contribution in [0.3, 0.4) is 0 Å². The van der Waals surface area contributed by atoms with Gasteiger partial charge in [-0.2, -0.15) is 0 Å². The molecule has 0 saturated carbocycles. The Hall–Kier alpha value is -0.0800. The molecule has 0 atom stereocenters. The highest BCUT2D eigenvalue weighted by molar-refractivity contribution is 4.95. The number of hydrogen-bond acceptors (Lipinski definition) is 2. The van der Waals surface area contributed by atoms with Crippen molar-refractivity contribution in [1.29, 1.82) is 0 Å². The predicted molar refractivity (Wildman–Crippen MR) is 78.8 cm³/mol. The summed E-state index contributed by atoms with van der Waals surface area (Å²) in [5.74, 6) is 0. The molecule has 0 bridgehead atoms. The van der Waals surface area contributed by atoms with Crippen molar-refractivity contribution >= 4 is 0 Å². The van der Waals surface area contributed by atoms with Gasteiger partial charge in [-0.15, -0.1) is 0 Å². The van der Waals surface area contributed by atoms with Crippen LogP contribution in [0.15, 0.2) is 0 Å². The predicted octanol–water partition coefficient (Wildman–Crippen LogP) is 3.69. The molecule has 1 aliphatic heterocycles. The number of aliphatic hydroxyl groups excluding tert-OH is 1. The number of likely N-dealkylation sites (tertiary alicyclic amines) is 1. The average molecular weight is 255 g/mol. The second-order valence-corrected chi connectivity index (χ2v) is 7.14. The van der Waals surface area contributed by atoms with E-state index in [4.69, 9.17) is 5.11 Å². The van der Waals surface area contributed by atoms with Gasteiger partial charge in [0.15, 0.2) is 0 Å². The van der Waals surface area contributed by atoms with E-state index in [1.807, 2.05) is 0 Å². The molecule has 0 aromatic rings. The first-order valence-electron chi connectivity index (χ1n) is 7.80. The average Bonchev–Trinajstić information content (AvgIpc) is 2.24. The summed E-state index contributed by atoms with van der Waals surface area (Å²) in [5.41, 5.74) is 0.990. The van der Waals surface area contributed by atoms with E-state index in [0.29, 0.717) is 17.4 Å². The van der Waals surface area contributed by atoms with Crippen LogP contribution in [0, 0.1) is 10.8 Å². The van der Waals surface area contributed by atoms with Crippen LogP contribution in [0.5, 0.6) is 0 Å². The third kappa shape index (κ3) is 4.55. The fourth-order valence-electron chi connectivity index (χ4n) is 3.76. The third-order valence-electron chi connectivity index (χ3n) is 4.34. The van der Waals surface area contributed by atoms with Crippen molar-refractivity contribution in [1.82, 2.24) is 4.90 Å². The molecule has 0 amide bonds. The van der Waals surface area contributed by atoms with Crippen LogP contribution >= 0.6 is 0 Å². The first-order chi connectivity index (χ1) is 8.47. The van der Waals surface area contributed by atoms with Crippen molar-refractivity contribution in [3.05, 3.63) is 0 Å². The summed E-state index contributed by atoms with van der Waals surface area (Å²) in [7, 11) is 0. The molecule has 1 rings (SSSR count). The minimum Gasteiger partial charge on any atom is -0.396 e. The first kappa shape index (κ1) is 16.0. The Morgan fingerprint density at radius 3 is 2.11 bits per heavy atom. The Morgan fingerprint density at radius 1 is 1.11 bits per heavy atom. The van der Waals surface area contributed by atoms with E-state index in [2.05, 4.69) is 32.6 Å². The molecular formula is C16H33NO. The Labute approximate surface area is 114 Å². The van der Waals surface area contributed by atoms with Gasteiger partial charge in [-0.25, -0.2) is 0 Å². The van der Waals surface area contributed by atoms with Gasteiger partial charge in [0.1, 0.15) is 0 Å². The molecule has 0 spiro atoms. The van der Waals surface area contributed by atoms with Crippen LogP contribution in [0.4, 0.5) is 0 Å². The number of hydrogen-bond donors (Lipinski definition) is 1. The van der Waals surface area contributed by atoms with E-state index in [1.54, 1.807) is 0 Å². The van der Waals surface area contributed by atoms with Gasteiger partial charge in [-0.1, -0.05) is 40.5 Å². The van der Waals surface area contributed by atoms with Gasteiger partial charge >= 0.3 is 0 Å². The second kappa shape index (κ2) is 6.91. The standard InChI is InChI=1S/C16H33NO/c1-5-8-16(9-6-2)13-17(14-16)12-15(3,4)10-7-11-18/h18H,5-14H2,1-4H3. The van der Waals surface area contributed by atoms with Crippen molar-refractivity contribution in [2.45, 2.75) is 66.2 Å². The molecule has 0 aliphatic carbocycles. The zero-order valence-corrected chi connectivity index (χ0v) is 13.0. The van der Waals surface area contributed by atoms with Crippen LogP contribution in [0.1, 0.15) is 66.2 Å². The maximum Gasteiger partial charge on any atom is 0.0431 e. The lowest BCUT2D eigenvalue weighted by Gasteiger charge is -2.53. The molecule has 0 unspecified atom stereocenters. The maximum atomic E-state index is 8.94. The number of rotatable bonds is 9. The monoisotopic (exact) mass is 255 g/mol. The maximum absolute atomic E-state index is 8.94. The van der Waals surface area contributed by atoms with Crippen molar-refractivity contribution in [2.24, 2.45) is 10.8 Å². The topological polar surface area (TPSA) is 23.5 Å². The largest absolute Gasteiger partial charge is 0.396 e. The van der Waals surface area contributed by atoms with Crippen LogP contribution in [0.25, 0.3) is 0 Å². The van der Waals surface area contributed by atoms with Crippen LogP contribution in [-0.4, -0.2) is 36.2 Å². The molecule has 1 aliphatic rings. The highest BCUT2D eigenvalue weighted by Gasteiger charge is 2.42. The van der Waals surface area contributed by atoms with Gasteiger partial charge in [0.05, 0.1) is 0 Å². The SMILES string of the molecule is CCCC1(CCC)CN(CC(C)(C)CCCO)C1. The first-order valence-corrected chi connectivity index (χ1v) is 7.80. The fourth-order valence-corrected chi connectivity index (χ4v) is 3.76. The van der Waals surface area contributed by atoms with E-state index in [1.165, 1.54) is 45.3 Å². The quantitative estimate of drug-likeness (QED) is 0.679. The van der Waals surface area contributed by atoms with E-state index >= 15 is 0 Å². The summed E-state index contributed by atoms with van der Waals surface area (Å²) in [6.45, 7) is 13.4. The zero-order chi connectivity index (χ0) is 13.6. The Balaban J connectivity index is 2.35. The molecule has 1 heterocycles. The van der Waals surface area contributed by atoms with Gasteiger partial charge in [0.2, 0.25) is 0 Å². The van der Waals surface area contributed by atoms with E-state index in [-0.39, 0.29) is 0 Å². The molecule has 0 aromatic carbocycles. The molecule has 1 saturated heterocycles. The minimum atomic E-state index is 0.332. The lowest BCUT2D eigenvalue weighted by atomic mass is 9.71. The summed E-state index contributed by atoms with van der Waals surface area (Å²) in [5, 5.41) is 8.94. The highest BCUT2D eigenvalue weighted by atomic mass is 16.2. The van der Waals surface area contributed by atoms with E-state index in [9.17, 15) is 0 Å². The zero-order valence-electron chi connectivity index (χ0n) is 13.0. The van der Waals surface area contributed by atoms with E-state index in [0.717, 1.165) is 12.8 Å². The Kier molecular flexibility index (Phi) is 6.13. The van der Waals surface area contributed by atoms with Crippen LogP contribution in [-0.2, 0) is 0 Å². The molecular weight excluding hydrogens is 222 g/mol. The number of aliphatic hydroxyl groups is 1. The van der Waals surface area contributed by atoms with Crippen molar-refractivity contribution in [3.8, 4) is 0 Å². The van der Waals surface area contributed by atoms with Crippen molar-refractivity contribution in [3.63, 3.8) is 0 Å². The van der Waals surface area contributed by atoms with Crippen LogP contribution in [0.2, 0.25) is 0 Å². The molecule has 2 nitrogen and oxygen atoms in total. The normalized spacial score (nSPS) is 19.8. The van der Waals surface area contributed by atoms with Crippen LogP contribution < -0.4 is 0 Å². The highest BCUT2D eigenvalue weighted by Crippen LogP contribution is 2.41. The number of nitrogens with zero attached hydrogens (tertiary/aromatic N) is 1. The smallest absolute Gasteiger partial charge is 0.0431 e. The molecule has 18 heavy (non-hydrogen) atoms. The Morgan fingerprint density at radius 2 is 1.67 bits per heavy atom. The molecule has 108 valence electrons. The molecule has 2 heteroatoms. The molecule has 1 N–H and O–H groups in total. The van der Waals surface area contributed by atoms with E-state index < -0.39 is 0 Å². The lowest BCUT2D eigenvalue weighted by Crippen LogP contribution is -2.58. The summed E-state index contributed by atoms with van der Waals surface area (Å²) in [4.78, 5) is 2.63. The van der Waals surface area contributed by atoms with Gasteiger partial charge < -0.3 is 10.0 Å². The van der Waals surface area contributed by atoms with Gasteiger partial charge in [0, 0.05) is 26.2 Å². The van der Waals surface area contributed by atoms with Gasteiger partial charge in [-0.05, 0) is 36.5 Å². The second-order valence-electron chi connectivity index (χ2n) is 7.14. The fraction of sp³-hybridized carbons (Fsp3) is 1.00. The summed E-state index contributed by atoms with van der Waals surface area (Å²) >= 11 is 0. The summed E-state index contributed by atoms with van der Waals surface area (Å²) in [6.07, 6.45) is 7.51. The van der Waals surface area contributed by atoms with Crippen molar-refractivity contribution < 1.29 is 5.11 Å². The minimum absolute atomic E-state index is 0.332. The molecule has 0 radical (unpaired) electrons. The molecule has 1 fully saturated rings. The summed E-state index contributed by atoms with van der Waals surface area (Å²) in [6, 6.07) is 0. The summed E-state index contributed by atoms with van der Waals surface area (Å²) < 4.78 is 0. The van der Waals surface area contributed by atoms with Gasteiger partial charge in [-0.3, -0.25) is 0 Å². The Bertz CT molecular complexity index is 223. The molecule has 0 aromatic heterocycles. The van der Waals surface area contributed by atoms with Gasteiger partial charge in [0.25, 0.3) is 0 Å². The van der Waals surface area contributed by atoms with Crippen molar-refractivity contribution in [2.75, 3.05) is 26.2 Å².